The molecule has 0 heterocycles. The van der Waals surface area contributed by atoms with Crippen molar-refractivity contribution in [1.82, 2.24) is 0 Å². The summed E-state index contributed by atoms with van der Waals surface area (Å²) < 4.78 is 5.38. The van der Waals surface area contributed by atoms with Crippen molar-refractivity contribution in [3.05, 3.63) is 33.3 Å². The van der Waals surface area contributed by atoms with Gasteiger partial charge in [-0.15, -0.1) is 12.4 Å². The molecule has 0 saturated carbocycles. The average Bonchev–Trinajstić information content (AvgIpc) is 2.16. The number of hydrogen-bond acceptors (Lipinski definition) is 3. The molecule has 0 saturated heterocycles. The van der Waals surface area contributed by atoms with Crippen molar-refractivity contribution in [3.63, 3.8) is 0 Å². The summed E-state index contributed by atoms with van der Waals surface area (Å²) in [6, 6.07) is 4.93. The average molecular weight is 329 g/mol. The van der Waals surface area contributed by atoms with Gasteiger partial charge in [0.1, 0.15) is 0 Å². The van der Waals surface area contributed by atoms with E-state index in [2.05, 4.69) is 20.7 Å². The van der Waals surface area contributed by atoms with E-state index in [1.807, 2.05) is 6.07 Å². The number of methoxy groups -OCH3 is 1. The van der Waals surface area contributed by atoms with Crippen LogP contribution in [-0.2, 0) is 9.53 Å². The molecule has 0 spiro atoms. The van der Waals surface area contributed by atoms with Crippen molar-refractivity contribution >= 4 is 45.9 Å². The monoisotopic (exact) mass is 327 g/mol. The summed E-state index contributed by atoms with van der Waals surface area (Å²) in [4.78, 5) is 11.0. The Kier molecular flexibility index (Phi) is 6.99. The van der Waals surface area contributed by atoms with Gasteiger partial charge in [-0.3, -0.25) is 4.79 Å². The maximum Gasteiger partial charge on any atom is 0.307 e. The largest absolute Gasteiger partial charge is 0.469 e. The quantitative estimate of drug-likeness (QED) is 0.867. The normalized spacial score (nSPS) is 11.5. The highest BCUT2D eigenvalue weighted by atomic mass is 79.9. The van der Waals surface area contributed by atoms with E-state index in [1.165, 1.54) is 7.11 Å². The molecule has 90 valence electrons. The molecule has 0 bridgehead atoms. The van der Waals surface area contributed by atoms with Crippen LogP contribution in [0.2, 0.25) is 5.02 Å². The summed E-state index contributed by atoms with van der Waals surface area (Å²) >= 11 is 9.17. The zero-order valence-electron chi connectivity index (χ0n) is 8.57. The molecule has 0 radical (unpaired) electrons. The second-order valence-electron chi connectivity index (χ2n) is 3.09. The molecule has 1 aromatic rings. The second kappa shape index (κ2) is 7.12. The van der Waals surface area contributed by atoms with Crippen LogP contribution in [0.4, 0.5) is 0 Å². The van der Waals surface area contributed by atoms with Crippen molar-refractivity contribution in [3.8, 4) is 0 Å². The van der Waals surface area contributed by atoms with E-state index < -0.39 is 6.04 Å². The number of carbonyl (C=O) groups is 1. The minimum atomic E-state index is -0.396. The molecule has 0 amide bonds. The second-order valence-corrected chi connectivity index (χ2v) is 4.44. The summed E-state index contributed by atoms with van der Waals surface area (Å²) in [7, 11) is 1.34. The van der Waals surface area contributed by atoms with Gasteiger partial charge in [-0.25, -0.2) is 0 Å². The molecule has 1 aromatic carbocycles. The molecule has 16 heavy (non-hydrogen) atoms. The van der Waals surface area contributed by atoms with Crippen LogP contribution >= 0.6 is 39.9 Å². The molecule has 0 unspecified atom stereocenters. The number of rotatable bonds is 3. The van der Waals surface area contributed by atoms with Gasteiger partial charge in [0.25, 0.3) is 0 Å². The first-order chi connectivity index (χ1) is 7.02. The molecule has 0 aliphatic carbocycles. The Labute approximate surface area is 114 Å². The molecular weight excluding hydrogens is 317 g/mol. The number of ether oxygens (including phenoxy) is 1. The van der Waals surface area contributed by atoms with Gasteiger partial charge < -0.3 is 10.5 Å². The van der Waals surface area contributed by atoms with Gasteiger partial charge in [0.2, 0.25) is 0 Å². The van der Waals surface area contributed by atoms with E-state index in [1.54, 1.807) is 12.1 Å². The van der Waals surface area contributed by atoms with Crippen LogP contribution < -0.4 is 5.73 Å². The van der Waals surface area contributed by atoms with Gasteiger partial charge in [0.05, 0.1) is 13.5 Å². The van der Waals surface area contributed by atoms with Crippen LogP contribution in [0.1, 0.15) is 18.0 Å². The predicted molar refractivity (Wildman–Crippen MR) is 70.0 cm³/mol. The Morgan fingerprint density at radius 3 is 2.69 bits per heavy atom. The van der Waals surface area contributed by atoms with Crippen molar-refractivity contribution in [2.75, 3.05) is 7.11 Å². The van der Waals surface area contributed by atoms with Crippen LogP contribution in [0.5, 0.6) is 0 Å². The van der Waals surface area contributed by atoms with Gasteiger partial charge in [-0.1, -0.05) is 27.5 Å². The highest BCUT2D eigenvalue weighted by Crippen LogP contribution is 2.24. The van der Waals surface area contributed by atoms with Crippen molar-refractivity contribution < 1.29 is 9.53 Å². The first-order valence-electron chi connectivity index (χ1n) is 4.31. The summed E-state index contributed by atoms with van der Waals surface area (Å²) in [5.41, 5.74) is 6.63. The van der Waals surface area contributed by atoms with Gasteiger partial charge in [0, 0.05) is 15.5 Å². The fourth-order valence-corrected chi connectivity index (χ4v) is 2.06. The summed E-state index contributed by atoms with van der Waals surface area (Å²) in [5, 5.41) is 0.583. The molecule has 1 atom stereocenters. The number of esters is 1. The van der Waals surface area contributed by atoms with E-state index in [-0.39, 0.29) is 24.8 Å². The molecule has 0 aliphatic heterocycles. The zero-order valence-corrected chi connectivity index (χ0v) is 11.7. The lowest BCUT2D eigenvalue weighted by Gasteiger charge is -2.11. The highest BCUT2D eigenvalue weighted by molar-refractivity contribution is 9.10. The standard InChI is InChI=1S/C10H11BrClNO2.ClH/c1-15-10(14)5-9(13)6-2-7(11)4-8(12)3-6;/h2-4,9H,5,13H2,1H3;1H/t9-;/m0./s1. The fraction of sp³-hybridized carbons (Fsp3) is 0.300. The maximum atomic E-state index is 11.0. The van der Waals surface area contributed by atoms with E-state index >= 15 is 0 Å². The molecule has 3 nitrogen and oxygen atoms in total. The van der Waals surface area contributed by atoms with Crippen LogP contribution in [0, 0.1) is 0 Å². The third kappa shape index (κ3) is 4.70. The molecule has 1 rings (SSSR count). The van der Waals surface area contributed by atoms with Crippen LogP contribution in [0.3, 0.4) is 0 Å². The van der Waals surface area contributed by atoms with Crippen LogP contribution in [0.25, 0.3) is 0 Å². The lowest BCUT2D eigenvalue weighted by molar-refractivity contribution is -0.141. The maximum absolute atomic E-state index is 11.0. The Hall–Kier alpha value is -0.290. The van der Waals surface area contributed by atoms with E-state index in [9.17, 15) is 4.79 Å². The summed E-state index contributed by atoms with van der Waals surface area (Å²) in [5.74, 6) is -0.335. The molecule has 6 heteroatoms. The third-order valence-corrected chi connectivity index (χ3v) is 2.60. The minimum absolute atomic E-state index is 0. The van der Waals surface area contributed by atoms with E-state index in [0.717, 1.165) is 10.0 Å². The van der Waals surface area contributed by atoms with Crippen LogP contribution in [0.15, 0.2) is 22.7 Å². The number of halogens is 3. The Bertz CT molecular complexity index is 354. The lowest BCUT2D eigenvalue weighted by Crippen LogP contribution is -2.16. The molecule has 2 N–H and O–H groups in total. The topological polar surface area (TPSA) is 52.3 Å². The van der Waals surface area contributed by atoms with Crippen LogP contribution in [-0.4, -0.2) is 13.1 Å². The van der Waals surface area contributed by atoms with Crippen molar-refractivity contribution in [2.45, 2.75) is 12.5 Å². The van der Waals surface area contributed by atoms with Gasteiger partial charge in [-0.05, 0) is 23.8 Å². The SMILES string of the molecule is COC(=O)C[C@H](N)c1cc(Cl)cc(Br)c1.Cl. The number of hydrogen-bond donors (Lipinski definition) is 1. The number of benzene rings is 1. The lowest BCUT2D eigenvalue weighted by atomic mass is 10.1. The van der Waals surface area contributed by atoms with Gasteiger partial charge >= 0.3 is 5.97 Å². The molecular formula is C10H12BrCl2NO2. The van der Waals surface area contributed by atoms with E-state index in [4.69, 9.17) is 17.3 Å². The smallest absolute Gasteiger partial charge is 0.307 e. The van der Waals surface area contributed by atoms with E-state index in [0.29, 0.717) is 5.02 Å². The fourth-order valence-electron chi connectivity index (χ4n) is 1.17. The predicted octanol–water partition coefficient (Wildman–Crippen LogP) is 3.09. The number of carbonyl (C=O) groups excluding carboxylic acids is 1. The summed E-state index contributed by atoms with van der Waals surface area (Å²) in [6.45, 7) is 0. The zero-order chi connectivity index (χ0) is 11.4. The Morgan fingerprint density at radius 2 is 2.19 bits per heavy atom. The van der Waals surface area contributed by atoms with Gasteiger partial charge in [-0.2, -0.15) is 0 Å². The summed E-state index contributed by atoms with van der Waals surface area (Å²) in [6.07, 6.45) is 0.142. The third-order valence-electron chi connectivity index (χ3n) is 1.93. The van der Waals surface area contributed by atoms with Crippen molar-refractivity contribution in [1.29, 1.82) is 0 Å². The molecule has 0 aliphatic rings. The Balaban J connectivity index is 0.00000225. The molecule has 0 fully saturated rings. The molecule has 0 aromatic heterocycles. The van der Waals surface area contributed by atoms with Crippen molar-refractivity contribution in [2.24, 2.45) is 5.73 Å². The highest BCUT2D eigenvalue weighted by Gasteiger charge is 2.12. The first-order valence-corrected chi connectivity index (χ1v) is 5.48. The van der Waals surface area contributed by atoms with Gasteiger partial charge in [0.15, 0.2) is 0 Å². The first kappa shape index (κ1) is 15.7. The number of nitrogens with two attached hydrogens (primary N) is 1. The minimum Gasteiger partial charge on any atom is -0.469 e. The Morgan fingerprint density at radius 1 is 1.56 bits per heavy atom.